The zero-order valence-corrected chi connectivity index (χ0v) is 25.8. The van der Waals surface area contributed by atoms with Crippen molar-refractivity contribution < 1.29 is 42.8 Å². The van der Waals surface area contributed by atoms with E-state index in [4.69, 9.17) is 28.4 Å². The van der Waals surface area contributed by atoms with Crippen LogP contribution in [0.3, 0.4) is 0 Å². The fourth-order valence-corrected chi connectivity index (χ4v) is 5.99. The molecule has 1 aliphatic carbocycles. The van der Waals surface area contributed by atoms with Crippen LogP contribution in [0.15, 0.2) is 42.6 Å². The largest absolute Gasteiger partial charge is 0.493 e. The number of nitrogens with one attached hydrogen (secondary N) is 1. The summed E-state index contributed by atoms with van der Waals surface area (Å²) in [5.41, 5.74) is -0.115. The van der Waals surface area contributed by atoms with E-state index in [9.17, 15) is 14.4 Å². The number of nitrogens with zero attached hydrogens (tertiary/aromatic N) is 1. The Balaban J connectivity index is 1.47. The Labute approximate surface area is 258 Å². The van der Waals surface area contributed by atoms with Crippen molar-refractivity contribution >= 4 is 17.8 Å². The molecule has 0 bridgehead atoms. The van der Waals surface area contributed by atoms with Gasteiger partial charge in [-0.25, -0.2) is 14.6 Å². The number of methoxy groups -OCH3 is 1. The van der Waals surface area contributed by atoms with Crippen molar-refractivity contribution in [3.63, 3.8) is 0 Å². The standard InChI is InChI=1S/C33H44N2O9/c1-4-40-20-28(36)41-21-42-31-27(39-3)17-18-34-29(31)32(37)35-26-16-10-13-24(19-23-11-8-9-12-23)30(22(2)43-33(26)38)44-25-14-6-5-7-15-25/h5-7,14-15,17-18,22-24,26,30H,4,8-13,16,19-21H2,1-3H3,(H,35,37)/t22-,24+,26-,30-/m0/s1. The molecule has 1 N–H and O–H groups in total. The molecule has 1 aromatic carbocycles. The average molecular weight is 613 g/mol. The number of benzene rings is 1. The van der Waals surface area contributed by atoms with Crippen molar-refractivity contribution in [3.8, 4) is 17.2 Å². The number of cyclic esters (lactones) is 1. The number of amides is 1. The molecule has 11 heteroatoms. The van der Waals surface area contributed by atoms with Gasteiger partial charge in [-0.3, -0.25) is 4.79 Å². The second-order valence-electron chi connectivity index (χ2n) is 11.2. The van der Waals surface area contributed by atoms with Crippen molar-refractivity contribution in [1.29, 1.82) is 0 Å². The first-order valence-corrected chi connectivity index (χ1v) is 15.5. The molecule has 2 aromatic rings. The predicted octanol–water partition coefficient (Wildman–Crippen LogP) is 4.86. The van der Waals surface area contributed by atoms with Gasteiger partial charge in [0.25, 0.3) is 5.91 Å². The molecule has 240 valence electrons. The van der Waals surface area contributed by atoms with Crippen LogP contribution in [0.1, 0.15) is 75.7 Å². The average Bonchev–Trinajstić information content (AvgIpc) is 3.55. The van der Waals surface area contributed by atoms with Gasteiger partial charge in [-0.05, 0) is 57.1 Å². The minimum atomic E-state index is -0.905. The number of esters is 2. The van der Waals surface area contributed by atoms with Crippen LogP contribution in [0.5, 0.6) is 17.2 Å². The Morgan fingerprint density at radius 2 is 1.82 bits per heavy atom. The van der Waals surface area contributed by atoms with E-state index in [0.29, 0.717) is 25.4 Å². The first-order chi connectivity index (χ1) is 21.4. The Morgan fingerprint density at radius 3 is 2.55 bits per heavy atom. The second kappa shape index (κ2) is 16.8. The number of hydrogen-bond donors (Lipinski definition) is 1. The van der Waals surface area contributed by atoms with Crippen molar-refractivity contribution in [2.24, 2.45) is 11.8 Å². The van der Waals surface area contributed by atoms with Gasteiger partial charge in [-0.2, -0.15) is 0 Å². The third kappa shape index (κ3) is 9.32. The molecule has 44 heavy (non-hydrogen) atoms. The summed E-state index contributed by atoms with van der Waals surface area (Å²) in [6, 6.07) is 10.2. The van der Waals surface area contributed by atoms with Gasteiger partial charge in [0.05, 0.1) is 7.11 Å². The lowest BCUT2D eigenvalue weighted by Gasteiger charge is -2.33. The highest BCUT2D eigenvalue weighted by atomic mass is 16.7. The summed E-state index contributed by atoms with van der Waals surface area (Å²) in [6.45, 7) is 3.27. The summed E-state index contributed by atoms with van der Waals surface area (Å²) in [5, 5.41) is 2.79. The highest BCUT2D eigenvalue weighted by Gasteiger charge is 2.37. The molecule has 4 rings (SSSR count). The van der Waals surface area contributed by atoms with Gasteiger partial charge in [0.15, 0.2) is 17.2 Å². The molecule has 2 heterocycles. The third-order valence-electron chi connectivity index (χ3n) is 8.16. The molecule has 1 saturated heterocycles. The van der Waals surface area contributed by atoms with E-state index in [0.717, 1.165) is 18.6 Å². The highest BCUT2D eigenvalue weighted by Crippen LogP contribution is 2.36. The minimum Gasteiger partial charge on any atom is -0.493 e. The molecule has 1 aromatic heterocycles. The predicted molar refractivity (Wildman–Crippen MR) is 160 cm³/mol. The Morgan fingerprint density at radius 1 is 1.05 bits per heavy atom. The van der Waals surface area contributed by atoms with Crippen LogP contribution in [-0.2, 0) is 23.8 Å². The smallest absolute Gasteiger partial charge is 0.334 e. The van der Waals surface area contributed by atoms with E-state index in [-0.39, 0.29) is 35.8 Å². The number of rotatable bonds is 13. The van der Waals surface area contributed by atoms with E-state index in [1.165, 1.54) is 45.1 Å². The van der Waals surface area contributed by atoms with E-state index in [1.807, 2.05) is 37.3 Å². The van der Waals surface area contributed by atoms with Crippen LogP contribution >= 0.6 is 0 Å². The summed E-state index contributed by atoms with van der Waals surface area (Å²) in [4.78, 5) is 42.9. The van der Waals surface area contributed by atoms with Gasteiger partial charge in [0.1, 0.15) is 30.6 Å². The number of pyridine rings is 1. The molecule has 1 aliphatic heterocycles. The minimum absolute atomic E-state index is 0.0190. The number of ether oxygens (including phenoxy) is 6. The second-order valence-corrected chi connectivity index (χ2v) is 11.2. The quantitative estimate of drug-likeness (QED) is 0.247. The molecule has 2 aliphatic rings. The maximum absolute atomic E-state index is 13.5. The first-order valence-electron chi connectivity index (χ1n) is 15.5. The Hall–Kier alpha value is -3.86. The van der Waals surface area contributed by atoms with Crippen LogP contribution in [0.2, 0.25) is 0 Å². The first kappa shape index (κ1) is 33.0. The number of para-hydroxylation sites is 1. The van der Waals surface area contributed by atoms with Gasteiger partial charge in [0.2, 0.25) is 6.79 Å². The SMILES string of the molecule is CCOCC(=O)OCOc1c(OC)ccnc1C(=O)N[C@H]1CCC[C@H](CC2CCCC2)[C@@H](Oc2ccccc2)[C@H](C)OC1=O. The maximum atomic E-state index is 13.5. The van der Waals surface area contributed by atoms with E-state index in [2.05, 4.69) is 10.3 Å². The molecule has 11 nitrogen and oxygen atoms in total. The fraction of sp³-hybridized carbons (Fsp3) is 0.576. The van der Waals surface area contributed by atoms with Gasteiger partial charge in [-0.1, -0.05) is 50.3 Å². The number of hydrogen-bond acceptors (Lipinski definition) is 10. The number of carbonyl (C=O) groups is 3. The molecule has 1 saturated carbocycles. The van der Waals surface area contributed by atoms with Crippen LogP contribution in [0.25, 0.3) is 0 Å². The lowest BCUT2D eigenvalue weighted by Crippen LogP contribution is -2.45. The zero-order chi connectivity index (χ0) is 31.3. The van der Waals surface area contributed by atoms with Crippen LogP contribution in [0.4, 0.5) is 0 Å². The van der Waals surface area contributed by atoms with E-state index < -0.39 is 36.8 Å². The normalized spacial score (nSPS) is 22.6. The molecule has 2 fully saturated rings. The molecular formula is C33H44N2O9. The lowest BCUT2D eigenvalue weighted by atomic mass is 9.83. The van der Waals surface area contributed by atoms with Gasteiger partial charge in [0, 0.05) is 18.9 Å². The maximum Gasteiger partial charge on any atom is 0.334 e. The summed E-state index contributed by atoms with van der Waals surface area (Å²) in [6.07, 6.45) is 8.41. The monoisotopic (exact) mass is 612 g/mol. The van der Waals surface area contributed by atoms with Crippen molar-refractivity contribution in [2.75, 3.05) is 27.1 Å². The fourth-order valence-electron chi connectivity index (χ4n) is 5.99. The van der Waals surface area contributed by atoms with Gasteiger partial charge >= 0.3 is 11.9 Å². The molecule has 0 spiro atoms. The molecule has 0 radical (unpaired) electrons. The number of carbonyl (C=O) groups excluding carboxylic acids is 3. The topological polar surface area (TPSA) is 132 Å². The van der Waals surface area contributed by atoms with Crippen LogP contribution in [-0.4, -0.2) is 68.2 Å². The summed E-state index contributed by atoms with van der Waals surface area (Å²) >= 11 is 0. The Kier molecular flexibility index (Phi) is 12.6. The summed E-state index contributed by atoms with van der Waals surface area (Å²) in [7, 11) is 1.41. The summed E-state index contributed by atoms with van der Waals surface area (Å²) in [5.74, 6) is -0.0397. The molecule has 1 amide bonds. The zero-order valence-electron chi connectivity index (χ0n) is 25.8. The lowest BCUT2D eigenvalue weighted by molar-refractivity contribution is -0.157. The number of aromatic nitrogens is 1. The van der Waals surface area contributed by atoms with Crippen molar-refractivity contribution in [1.82, 2.24) is 10.3 Å². The molecule has 4 atom stereocenters. The molecular weight excluding hydrogens is 568 g/mol. The van der Waals surface area contributed by atoms with E-state index >= 15 is 0 Å². The van der Waals surface area contributed by atoms with Crippen molar-refractivity contribution in [2.45, 2.75) is 83.5 Å². The van der Waals surface area contributed by atoms with E-state index in [1.54, 1.807) is 6.92 Å². The van der Waals surface area contributed by atoms with Gasteiger partial charge in [-0.15, -0.1) is 0 Å². The van der Waals surface area contributed by atoms with Crippen LogP contribution in [0, 0.1) is 11.8 Å². The highest BCUT2D eigenvalue weighted by molar-refractivity contribution is 5.98. The van der Waals surface area contributed by atoms with Crippen LogP contribution < -0.4 is 19.5 Å². The summed E-state index contributed by atoms with van der Waals surface area (Å²) < 4.78 is 33.5. The van der Waals surface area contributed by atoms with Gasteiger partial charge < -0.3 is 33.7 Å². The molecule has 0 unspecified atom stereocenters. The third-order valence-corrected chi connectivity index (χ3v) is 8.16. The van der Waals surface area contributed by atoms with Crippen molar-refractivity contribution in [3.05, 3.63) is 48.3 Å². The Bertz CT molecular complexity index is 1220.